The van der Waals surface area contributed by atoms with Crippen molar-refractivity contribution in [2.24, 2.45) is 15.8 Å². The zero-order chi connectivity index (χ0) is 34.7. The summed E-state index contributed by atoms with van der Waals surface area (Å²) < 4.78 is 0. The van der Waals surface area contributed by atoms with Gasteiger partial charge in [0.05, 0.1) is 12.6 Å². The van der Waals surface area contributed by atoms with Crippen molar-refractivity contribution < 1.29 is 9.59 Å². The SMILES string of the molecule is CC(C)(C)CCCN1CCC2(CC1)N=C(c1cc(Cl)cc(Cl)c1)C(=O)N2[C@H](CCC(C)(C)C)c1ccc(C(=O)NCc2nn[nH]n2)cc1. The summed E-state index contributed by atoms with van der Waals surface area (Å²) in [5, 5.41) is 17.5. The van der Waals surface area contributed by atoms with Crippen molar-refractivity contribution in [3.8, 4) is 0 Å². The third-order valence-corrected chi connectivity index (χ3v) is 9.65. The molecule has 2 aliphatic rings. The predicted molar refractivity (Wildman–Crippen MR) is 190 cm³/mol. The number of aromatic amines is 1. The fourth-order valence-corrected chi connectivity index (χ4v) is 7.16. The molecule has 10 nitrogen and oxygen atoms in total. The van der Waals surface area contributed by atoms with Crippen molar-refractivity contribution in [1.82, 2.24) is 35.7 Å². The zero-order valence-corrected chi connectivity index (χ0v) is 30.5. The molecule has 1 fully saturated rings. The summed E-state index contributed by atoms with van der Waals surface area (Å²) in [5.41, 5.74) is 2.15. The highest BCUT2D eigenvalue weighted by Gasteiger charge is 2.51. The number of nitrogens with zero attached hydrogens (tertiary/aromatic N) is 6. The molecule has 2 N–H and O–H groups in total. The number of benzene rings is 2. The van der Waals surface area contributed by atoms with Gasteiger partial charge in [-0.1, -0.05) is 82.1 Å². The van der Waals surface area contributed by atoms with Gasteiger partial charge in [0.2, 0.25) is 0 Å². The fourth-order valence-electron chi connectivity index (χ4n) is 6.63. The summed E-state index contributed by atoms with van der Waals surface area (Å²) in [4.78, 5) is 37.5. The molecular formula is C36H48Cl2N8O2. The zero-order valence-electron chi connectivity index (χ0n) is 28.9. The summed E-state index contributed by atoms with van der Waals surface area (Å²) in [7, 11) is 0. The molecule has 0 saturated carbocycles. The van der Waals surface area contributed by atoms with Gasteiger partial charge in [0.15, 0.2) is 5.82 Å². The number of aliphatic imine (C=N–C) groups is 1. The van der Waals surface area contributed by atoms with Crippen LogP contribution in [0.1, 0.15) is 113 Å². The van der Waals surface area contributed by atoms with E-state index in [2.05, 4.69) is 72.4 Å². The second kappa shape index (κ2) is 14.6. The summed E-state index contributed by atoms with van der Waals surface area (Å²) in [5.74, 6) is 0.0426. The third kappa shape index (κ3) is 9.01. The number of likely N-dealkylation sites (tertiary alicyclic amines) is 1. The Kier molecular flexibility index (Phi) is 11.0. The van der Waals surface area contributed by atoms with E-state index in [0.29, 0.717) is 38.1 Å². The standard InChI is InChI=1S/C36H48Cl2N8O2/c1-34(2,3)13-7-17-45-18-15-36(16-19-45)40-31(26-20-27(37)22-28(38)21-26)33(48)46(36)29(12-14-35(4,5)6)24-8-10-25(11-9-24)32(47)39-23-30-41-43-44-42-30/h8-11,20-22,29H,7,12-19,23H2,1-6H3,(H,39,47)(H,41,42,43,44)/t29-/m1/s1. The van der Waals surface area contributed by atoms with E-state index < -0.39 is 5.66 Å². The van der Waals surface area contributed by atoms with Gasteiger partial charge in [0, 0.05) is 47.1 Å². The Labute approximate surface area is 294 Å². The van der Waals surface area contributed by atoms with Crippen LogP contribution in [0.25, 0.3) is 0 Å². The van der Waals surface area contributed by atoms with Crippen LogP contribution in [-0.2, 0) is 11.3 Å². The van der Waals surface area contributed by atoms with Gasteiger partial charge in [-0.2, -0.15) is 5.21 Å². The molecule has 12 heteroatoms. The lowest BCUT2D eigenvalue weighted by atomic mass is 9.84. The number of piperidine rings is 1. The number of halogens is 2. The maximum atomic E-state index is 14.7. The number of H-pyrrole nitrogens is 1. The minimum absolute atomic E-state index is 0.0454. The van der Waals surface area contributed by atoms with Gasteiger partial charge in [-0.05, 0) is 79.0 Å². The molecule has 0 unspecified atom stereocenters. The highest BCUT2D eigenvalue weighted by molar-refractivity contribution is 6.47. The highest BCUT2D eigenvalue weighted by atomic mass is 35.5. The normalized spacial score (nSPS) is 17.5. The molecule has 0 aliphatic carbocycles. The van der Waals surface area contributed by atoms with E-state index in [0.717, 1.165) is 63.7 Å². The van der Waals surface area contributed by atoms with E-state index in [-0.39, 0.29) is 29.8 Å². The minimum Gasteiger partial charge on any atom is -0.345 e. The predicted octanol–water partition coefficient (Wildman–Crippen LogP) is 7.25. The number of aromatic nitrogens is 4. The Balaban J connectivity index is 1.46. The van der Waals surface area contributed by atoms with Crippen molar-refractivity contribution in [2.75, 3.05) is 19.6 Å². The molecule has 48 heavy (non-hydrogen) atoms. The van der Waals surface area contributed by atoms with Crippen LogP contribution < -0.4 is 5.32 Å². The number of hydrogen-bond acceptors (Lipinski definition) is 7. The van der Waals surface area contributed by atoms with E-state index in [9.17, 15) is 9.59 Å². The van der Waals surface area contributed by atoms with Crippen LogP contribution in [0.15, 0.2) is 47.5 Å². The Hall–Kier alpha value is -3.34. The number of carbonyl (C=O) groups is 2. The fraction of sp³-hybridized carbons (Fsp3) is 0.556. The molecule has 3 aromatic rings. The first kappa shape index (κ1) is 36.0. The van der Waals surface area contributed by atoms with Crippen LogP contribution in [0.4, 0.5) is 0 Å². The average molecular weight is 696 g/mol. The second-order valence-electron chi connectivity index (χ2n) is 15.5. The lowest BCUT2D eigenvalue weighted by Gasteiger charge is -2.46. The molecule has 1 spiro atoms. The van der Waals surface area contributed by atoms with Crippen LogP contribution in [0.2, 0.25) is 10.0 Å². The summed E-state index contributed by atoms with van der Waals surface area (Å²) in [6.07, 6.45) is 5.40. The van der Waals surface area contributed by atoms with Crippen LogP contribution in [-0.4, -0.2) is 73.2 Å². The molecule has 2 aromatic carbocycles. The largest absolute Gasteiger partial charge is 0.345 e. The second-order valence-corrected chi connectivity index (χ2v) is 16.4. The molecule has 2 amide bonds. The number of carbonyl (C=O) groups excluding carboxylic acids is 2. The molecule has 2 aliphatic heterocycles. The van der Waals surface area contributed by atoms with E-state index in [4.69, 9.17) is 28.2 Å². The van der Waals surface area contributed by atoms with E-state index >= 15 is 0 Å². The summed E-state index contributed by atoms with van der Waals surface area (Å²) in [6, 6.07) is 12.5. The Morgan fingerprint density at radius 1 is 0.979 bits per heavy atom. The topological polar surface area (TPSA) is 119 Å². The average Bonchev–Trinajstić information content (AvgIpc) is 3.63. The molecule has 1 saturated heterocycles. The molecule has 3 heterocycles. The summed E-state index contributed by atoms with van der Waals surface area (Å²) in [6.45, 7) is 16.4. The first-order valence-electron chi connectivity index (χ1n) is 16.9. The van der Waals surface area contributed by atoms with Crippen LogP contribution >= 0.6 is 23.2 Å². The van der Waals surface area contributed by atoms with E-state index in [1.54, 1.807) is 18.2 Å². The Morgan fingerprint density at radius 2 is 1.62 bits per heavy atom. The van der Waals surface area contributed by atoms with Crippen molar-refractivity contribution >= 4 is 40.7 Å². The molecule has 1 atom stereocenters. The molecule has 1 aromatic heterocycles. The highest BCUT2D eigenvalue weighted by Crippen LogP contribution is 2.45. The Bertz CT molecular complexity index is 1580. The van der Waals surface area contributed by atoms with Crippen LogP contribution in [0, 0.1) is 10.8 Å². The van der Waals surface area contributed by atoms with Crippen molar-refractivity contribution in [3.05, 3.63) is 75.0 Å². The van der Waals surface area contributed by atoms with Gasteiger partial charge < -0.3 is 15.1 Å². The van der Waals surface area contributed by atoms with Gasteiger partial charge in [-0.25, -0.2) is 0 Å². The van der Waals surface area contributed by atoms with Gasteiger partial charge in [0.25, 0.3) is 11.8 Å². The van der Waals surface area contributed by atoms with Crippen molar-refractivity contribution in [2.45, 2.75) is 98.3 Å². The number of amides is 2. The van der Waals surface area contributed by atoms with E-state index in [1.165, 1.54) is 0 Å². The molecule has 0 radical (unpaired) electrons. The number of nitrogens with one attached hydrogen (secondary N) is 2. The lowest BCUT2D eigenvalue weighted by molar-refractivity contribution is -0.133. The molecular weight excluding hydrogens is 647 g/mol. The van der Waals surface area contributed by atoms with Gasteiger partial charge in [0.1, 0.15) is 11.4 Å². The van der Waals surface area contributed by atoms with Gasteiger partial charge in [-0.15, -0.1) is 10.2 Å². The third-order valence-electron chi connectivity index (χ3n) is 9.22. The maximum absolute atomic E-state index is 14.7. The number of tetrazole rings is 1. The quantitative estimate of drug-likeness (QED) is 0.218. The van der Waals surface area contributed by atoms with Crippen molar-refractivity contribution in [1.29, 1.82) is 0 Å². The van der Waals surface area contributed by atoms with Crippen LogP contribution in [0.5, 0.6) is 0 Å². The maximum Gasteiger partial charge on any atom is 0.275 e. The van der Waals surface area contributed by atoms with E-state index in [1.807, 2.05) is 29.2 Å². The minimum atomic E-state index is -0.703. The van der Waals surface area contributed by atoms with Crippen LogP contribution in [0.3, 0.4) is 0 Å². The number of hydrogen-bond donors (Lipinski definition) is 2. The lowest BCUT2D eigenvalue weighted by Crippen LogP contribution is -2.55. The van der Waals surface area contributed by atoms with Gasteiger partial charge in [-0.3, -0.25) is 14.6 Å². The first-order valence-corrected chi connectivity index (χ1v) is 17.6. The summed E-state index contributed by atoms with van der Waals surface area (Å²) >= 11 is 12.8. The van der Waals surface area contributed by atoms with Gasteiger partial charge >= 0.3 is 0 Å². The number of rotatable bonds is 11. The first-order chi connectivity index (χ1) is 22.6. The molecule has 0 bridgehead atoms. The monoisotopic (exact) mass is 694 g/mol. The Morgan fingerprint density at radius 3 is 2.21 bits per heavy atom. The molecule has 258 valence electrons. The van der Waals surface area contributed by atoms with Crippen molar-refractivity contribution in [3.63, 3.8) is 0 Å². The smallest absolute Gasteiger partial charge is 0.275 e. The molecule has 5 rings (SSSR count).